The van der Waals surface area contributed by atoms with Gasteiger partial charge in [0.1, 0.15) is 23.9 Å². The van der Waals surface area contributed by atoms with Gasteiger partial charge in [-0.15, -0.1) is 0 Å². The van der Waals surface area contributed by atoms with E-state index < -0.39 is 17.2 Å². The van der Waals surface area contributed by atoms with Crippen molar-refractivity contribution in [2.24, 2.45) is 10.7 Å². The molecule has 0 aromatic carbocycles. The van der Waals surface area contributed by atoms with Crippen LogP contribution in [0.2, 0.25) is 0 Å². The number of hydrogen-bond acceptors (Lipinski definition) is 7. The minimum Gasteiger partial charge on any atom is -0.487 e. The Morgan fingerprint density at radius 2 is 1.91 bits per heavy atom. The Hall–Kier alpha value is -3.92. The zero-order valence-electron chi connectivity index (χ0n) is 20.1. The summed E-state index contributed by atoms with van der Waals surface area (Å²) >= 11 is 0. The van der Waals surface area contributed by atoms with Gasteiger partial charge in [-0.2, -0.15) is 0 Å². The number of pyridine rings is 3. The maximum atomic E-state index is 13.9. The zero-order chi connectivity index (χ0) is 25.9. The number of aliphatic imine (C=N–C) groups is 1. The average molecular weight is 484 g/mol. The Morgan fingerprint density at radius 3 is 2.54 bits per heavy atom. The summed E-state index contributed by atoms with van der Waals surface area (Å²) in [5.74, 6) is -1.03. The summed E-state index contributed by atoms with van der Waals surface area (Å²) in [6.07, 6.45) is 5.18. The third-order valence-electron chi connectivity index (χ3n) is 5.36. The second-order valence-electron chi connectivity index (χ2n) is 8.55. The Kier molecular flexibility index (Phi) is 7.45. The molecule has 3 heterocycles. The maximum Gasteiger partial charge on any atom is 0.261 e. The fraction of sp³-hybridized carbons (Fsp3) is 0.280. The second-order valence-corrected chi connectivity index (χ2v) is 8.55. The lowest BCUT2D eigenvalue weighted by Crippen LogP contribution is -2.24. The molecule has 0 aliphatic heterocycles. The summed E-state index contributed by atoms with van der Waals surface area (Å²) in [6.45, 7) is 8.05. The number of aromatic nitrogens is 3. The molecule has 0 unspecified atom stereocenters. The van der Waals surface area contributed by atoms with Gasteiger partial charge in [-0.1, -0.05) is 0 Å². The Morgan fingerprint density at radius 1 is 1.20 bits per heavy atom. The lowest BCUT2D eigenvalue weighted by Gasteiger charge is -2.18. The molecule has 0 aliphatic rings. The summed E-state index contributed by atoms with van der Waals surface area (Å²) in [4.78, 5) is 25.5. The third kappa shape index (κ3) is 5.78. The van der Waals surface area contributed by atoms with Crippen molar-refractivity contribution in [1.82, 2.24) is 14.5 Å². The van der Waals surface area contributed by atoms with E-state index in [2.05, 4.69) is 15.0 Å². The van der Waals surface area contributed by atoms with Crippen LogP contribution >= 0.6 is 0 Å². The summed E-state index contributed by atoms with van der Waals surface area (Å²) in [7, 11) is 0. The molecule has 0 saturated heterocycles. The number of nitrogens with two attached hydrogens (primary N) is 1. The third-order valence-corrected chi connectivity index (χ3v) is 5.36. The van der Waals surface area contributed by atoms with Gasteiger partial charge in [-0.25, -0.2) is 18.8 Å². The van der Waals surface area contributed by atoms with Gasteiger partial charge in [0.25, 0.3) is 5.56 Å². The van der Waals surface area contributed by atoms with Crippen LogP contribution in [0.4, 0.5) is 14.6 Å². The fourth-order valence-corrected chi connectivity index (χ4v) is 3.29. The number of hydrogen-bond donors (Lipinski definition) is 2. The van der Waals surface area contributed by atoms with Crippen LogP contribution < -0.4 is 16.0 Å². The first kappa shape index (κ1) is 25.7. The van der Waals surface area contributed by atoms with E-state index in [0.29, 0.717) is 28.3 Å². The minimum absolute atomic E-state index is 0.0722. The van der Waals surface area contributed by atoms with Gasteiger partial charge in [0.05, 0.1) is 23.0 Å². The number of rotatable bonds is 7. The van der Waals surface area contributed by atoms with Crippen molar-refractivity contribution in [3.05, 3.63) is 86.9 Å². The van der Waals surface area contributed by atoms with Crippen molar-refractivity contribution < 1.29 is 18.6 Å². The monoisotopic (exact) mass is 483 g/mol. The van der Waals surface area contributed by atoms with E-state index in [1.165, 1.54) is 17.0 Å². The smallest absolute Gasteiger partial charge is 0.261 e. The number of halogens is 2. The van der Waals surface area contributed by atoms with E-state index in [0.717, 1.165) is 17.8 Å². The largest absolute Gasteiger partial charge is 0.487 e. The zero-order valence-corrected chi connectivity index (χ0v) is 20.1. The molecule has 35 heavy (non-hydrogen) atoms. The van der Waals surface area contributed by atoms with E-state index in [4.69, 9.17) is 10.5 Å². The standard InChI is InChI=1S/C25H27F2N5O3/c1-14-10-30-23(31-11-17(9-28)25(4,5)34)8-21(14)32-15(2)6-22(16(3)24(32)33)35-13-20-19(27)7-18(26)12-29-20/h6-12,34H,13,28H2,1-5H3/b17-9+,31-11?. The van der Waals surface area contributed by atoms with E-state index in [1.54, 1.807) is 46.0 Å². The van der Waals surface area contributed by atoms with Gasteiger partial charge in [0.2, 0.25) is 0 Å². The molecule has 10 heteroatoms. The van der Waals surface area contributed by atoms with Gasteiger partial charge in [0, 0.05) is 48.1 Å². The van der Waals surface area contributed by atoms with Crippen LogP contribution in [-0.4, -0.2) is 31.5 Å². The van der Waals surface area contributed by atoms with Crippen LogP contribution in [0.5, 0.6) is 5.75 Å². The first-order chi connectivity index (χ1) is 16.4. The summed E-state index contributed by atoms with van der Waals surface area (Å²) in [5, 5.41) is 10.1. The minimum atomic E-state index is -1.18. The molecule has 184 valence electrons. The van der Waals surface area contributed by atoms with Crippen molar-refractivity contribution in [3.63, 3.8) is 0 Å². The SMILES string of the molecule is Cc1cnc(N=C/C(=C\N)C(C)(C)O)cc1-n1c(C)cc(OCc2ncc(F)cc2F)c(C)c1=O. The first-order valence-electron chi connectivity index (χ1n) is 10.7. The second kappa shape index (κ2) is 10.1. The molecule has 8 nitrogen and oxygen atoms in total. The maximum absolute atomic E-state index is 13.9. The van der Waals surface area contributed by atoms with Crippen molar-refractivity contribution in [3.8, 4) is 11.4 Å². The highest BCUT2D eigenvalue weighted by Crippen LogP contribution is 2.24. The molecule has 3 aromatic heterocycles. The van der Waals surface area contributed by atoms with Gasteiger partial charge in [0.15, 0.2) is 11.6 Å². The topological polar surface area (TPSA) is 116 Å². The van der Waals surface area contributed by atoms with E-state index in [9.17, 15) is 18.7 Å². The van der Waals surface area contributed by atoms with E-state index in [-0.39, 0.29) is 23.6 Å². The van der Waals surface area contributed by atoms with Crippen LogP contribution in [0.3, 0.4) is 0 Å². The highest BCUT2D eigenvalue weighted by atomic mass is 19.1. The van der Waals surface area contributed by atoms with Crippen molar-refractivity contribution in [1.29, 1.82) is 0 Å². The molecule has 0 bridgehead atoms. The van der Waals surface area contributed by atoms with Crippen LogP contribution in [0.25, 0.3) is 5.69 Å². The van der Waals surface area contributed by atoms with Crippen molar-refractivity contribution in [2.45, 2.75) is 46.8 Å². The molecule has 0 radical (unpaired) electrons. The van der Waals surface area contributed by atoms with Crippen molar-refractivity contribution >= 4 is 12.0 Å². The molecule has 3 rings (SSSR count). The predicted molar refractivity (Wildman–Crippen MR) is 129 cm³/mol. The van der Waals surface area contributed by atoms with Crippen LogP contribution in [0.15, 0.2) is 52.2 Å². The van der Waals surface area contributed by atoms with Gasteiger partial charge < -0.3 is 15.6 Å². The van der Waals surface area contributed by atoms with Gasteiger partial charge in [-0.05, 0) is 40.2 Å². The number of nitrogens with zero attached hydrogens (tertiary/aromatic N) is 4. The predicted octanol–water partition coefficient (Wildman–Crippen LogP) is 3.73. The van der Waals surface area contributed by atoms with Crippen LogP contribution in [-0.2, 0) is 6.61 Å². The van der Waals surface area contributed by atoms with E-state index >= 15 is 0 Å². The average Bonchev–Trinajstić information content (AvgIpc) is 2.77. The quantitative estimate of drug-likeness (QED) is 0.495. The Labute approximate surface area is 201 Å². The molecule has 3 aromatic rings. The summed E-state index contributed by atoms with van der Waals surface area (Å²) < 4.78 is 34.1. The highest BCUT2D eigenvalue weighted by Gasteiger charge is 2.18. The first-order valence-corrected chi connectivity index (χ1v) is 10.7. The molecular weight excluding hydrogens is 456 g/mol. The fourth-order valence-electron chi connectivity index (χ4n) is 3.29. The molecule has 0 spiro atoms. The van der Waals surface area contributed by atoms with Crippen LogP contribution in [0.1, 0.15) is 36.4 Å². The van der Waals surface area contributed by atoms with Gasteiger partial charge in [-0.3, -0.25) is 14.3 Å². The summed E-state index contributed by atoms with van der Waals surface area (Å²) in [6, 6.07) is 4.03. The van der Waals surface area contributed by atoms with E-state index in [1.807, 2.05) is 6.92 Å². The molecule has 0 fully saturated rings. The molecule has 0 amide bonds. The highest BCUT2D eigenvalue weighted by molar-refractivity contribution is 5.82. The molecule has 3 N–H and O–H groups in total. The number of aryl methyl sites for hydroxylation is 2. The number of ether oxygens (including phenoxy) is 1. The van der Waals surface area contributed by atoms with Crippen LogP contribution in [0, 0.1) is 32.4 Å². The van der Waals surface area contributed by atoms with Crippen molar-refractivity contribution in [2.75, 3.05) is 0 Å². The van der Waals surface area contributed by atoms with Gasteiger partial charge >= 0.3 is 0 Å². The Balaban J connectivity index is 1.96. The Bertz CT molecular complexity index is 1370. The lowest BCUT2D eigenvalue weighted by molar-refractivity contribution is 0.126. The lowest BCUT2D eigenvalue weighted by atomic mass is 10.0. The molecular formula is C25H27F2N5O3. The molecule has 0 aliphatic carbocycles. The molecule has 0 atom stereocenters. The normalized spacial score (nSPS) is 12.4. The summed E-state index contributed by atoms with van der Waals surface area (Å²) in [5.41, 5.74) is 6.56. The molecule has 0 saturated carbocycles. The number of aliphatic hydroxyl groups is 1.